The van der Waals surface area contributed by atoms with E-state index in [0.717, 1.165) is 4.90 Å². The molecule has 0 heterocycles. The Balaban J connectivity index is 3.09. The van der Waals surface area contributed by atoms with E-state index in [1.165, 1.54) is 6.92 Å². The highest BCUT2D eigenvalue weighted by Gasteiger charge is 2.31. The molecule has 1 amide bonds. The minimum Gasteiger partial charge on any atom is -0.481 e. The third kappa shape index (κ3) is 4.30. The fraction of sp³-hybridized carbons (Fsp3) is 0.400. The van der Waals surface area contributed by atoms with E-state index < -0.39 is 29.8 Å². The number of carboxylic acid groups (broad SMARTS) is 2. The third-order valence-electron chi connectivity index (χ3n) is 3.22. The van der Waals surface area contributed by atoms with Gasteiger partial charge in [0.15, 0.2) is 0 Å². The maximum Gasteiger partial charge on any atom is 0.326 e. The van der Waals surface area contributed by atoms with Crippen molar-refractivity contribution < 1.29 is 24.6 Å². The molecule has 0 aliphatic heterocycles. The summed E-state index contributed by atoms with van der Waals surface area (Å²) in [6.07, 6.45) is 0.209. The summed E-state index contributed by atoms with van der Waals surface area (Å²) in [5.74, 6) is -3.52. The van der Waals surface area contributed by atoms with Crippen molar-refractivity contribution in [2.75, 3.05) is 6.54 Å². The number of rotatable bonds is 7. The minimum absolute atomic E-state index is 0.145. The van der Waals surface area contributed by atoms with E-state index in [4.69, 9.17) is 5.11 Å². The number of benzene rings is 1. The number of carbonyl (C=O) groups is 3. The monoisotopic (exact) mass is 293 g/mol. The second kappa shape index (κ2) is 7.42. The predicted octanol–water partition coefficient (Wildman–Crippen LogP) is 1.71. The summed E-state index contributed by atoms with van der Waals surface area (Å²) in [6.45, 7) is 2.95. The molecule has 2 atom stereocenters. The fourth-order valence-electron chi connectivity index (χ4n) is 2.00. The van der Waals surface area contributed by atoms with Gasteiger partial charge >= 0.3 is 11.9 Å². The molecule has 2 unspecified atom stereocenters. The van der Waals surface area contributed by atoms with E-state index in [1.807, 2.05) is 0 Å². The summed E-state index contributed by atoms with van der Waals surface area (Å²) in [5.41, 5.74) is 0.342. The molecule has 0 spiro atoms. The van der Waals surface area contributed by atoms with E-state index >= 15 is 0 Å². The summed E-state index contributed by atoms with van der Waals surface area (Å²) in [6, 6.07) is 7.21. The molecule has 6 nitrogen and oxygen atoms in total. The van der Waals surface area contributed by atoms with Crippen LogP contribution >= 0.6 is 0 Å². The number of hydrogen-bond donors (Lipinski definition) is 2. The number of amides is 1. The van der Waals surface area contributed by atoms with Gasteiger partial charge < -0.3 is 15.1 Å². The lowest BCUT2D eigenvalue weighted by atomic mass is 10.1. The molecule has 0 bridgehead atoms. The molecule has 2 N–H and O–H groups in total. The van der Waals surface area contributed by atoms with Crippen molar-refractivity contribution in [3.05, 3.63) is 35.9 Å². The first kappa shape index (κ1) is 16.7. The summed E-state index contributed by atoms with van der Waals surface area (Å²) < 4.78 is 0. The largest absolute Gasteiger partial charge is 0.481 e. The van der Waals surface area contributed by atoms with Gasteiger partial charge in [0.05, 0.1) is 5.92 Å². The Hall–Kier alpha value is -2.37. The van der Waals surface area contributed by atoms with E-state index in [2.05, 4.69) is 0 Å². The van der Waals surface area contributed by atoms with Crippen LogP contribution in [0.3, 0.4) is 0 Å². The molecule has 0 fully saturated rings. The summed E-state index contributed by atoms with van der Waals surface area (Å²) >= 11 is 0. The predicted molar refractivity (Wildman–Crippen MR) is 76.0 cm³/mol. The first-order valence-corrected chi connectivity index (χ1v) is 6.70. The molecule has 0 saturated heterocycles. The highest BCUT2D eigenvalue weighted by molar-refractivity contribution is 5.96. The van der Waals surface area contributed by atoms with Crippen molar-refractivity contribution in [2.45, 2.75) is 26.3 Å². The summed E-state index contributed by atoms with van der Waals surface area (Å²) in [7, 11) is 0. The van der Waals surface area contributed by atoms with Crippen molar-refractivity contribution >= 4 is 17.8 Å². The van der Waals surface area contributed by atoms with Crippen molar-refractivity contribution in [1.29, 1.82) is 0 Å². The zero-order valence-electron chi connectivity index (χ0n) is 12.0. The van der Waals surface area contributed by atoms with E-state index in [-0.39, 0.29) is 13.0 Å². The number of carboxylic acids is 2. The smallest absolute Gasteiger partial charge is 0.326 e. The lowest BCUT2D eigenvalue weighted by Crippen LogP contribution is -2.47. The lowest BCUT2D eigenvalue weighted by molar-refractivity contribution is -0.146. The topological polar surface area (TPSA) is 94.9 Å². The van der Waals surface area contributed by atoms with Gasteiger partial charge in [-0.2, -0.15) is 0 Å². The van der Waals surface area contributed by atoms with Crippen LogP contribution in [-0.4, -0.2) is 45.5 Å². The Kier molecular flexibility index (Phi) is 5.90. The average Bonchev–Trinajstić information content (AvgIpc) is 2.46. The highest BCUT2D eigenvalue weighted by Crippen LogP contribution is 2.14. The van der Waals surface area contributed by atoms with Gasteiger partial charge in [0.1, 0.15) is 6.04 Å². The van der Waals surface area contributed by atoms with Crippen LogP contribution in [0.15, 0.2) is 30.3 Å². The van der Waals surface area contributed by atoms with Crippen LogP contribution in [-0.2, 0) is 9.59 Å². The molecule has 0 saturated carbocycles. The van der Waals surface area contributed by atoms with Crippen LogP contribution in [0.4, 0.5) is 0 Å². The third-order valence-corrected chi connectivity index (χ3v) is 3.22. The second-order valence-electron chi connectivity index (χ2n) is 4.83. The minimum atomic E-state index is -1.14. The Labute approximate surface area is 123 Å². The van der Waals surface area contributed by atoms with Crippen LogP contribution in [0.1, 0.15) is 30.6 Å². The van der Waals surface area contributed by atoms with Crippen molar-refractivity contribution in [2.24, 2.45) is 5.92 Å². The molecule has 1 aromatic rings. The van der Waals surface area contributed by atoms with Gasteiger partial charge in [-0.05, 0) is 18.6 Å². The SMILES string of the molecule is CCC(C(=O)O)N(CC(C)C(=O)O)C(=O)c1ccccc1. The molecule has 6 heteroatoms. The van der Waals surface area contributed by atoms with Gasteiger partial charge in [-0.1, -0.05) is 32.0 Å². The zero-order valence-corrected chi connectivity index (χ0v) is 12.0. The fourth-order valence-corrected chi connectivity index (χ4v) is 2.00. The van der Waals surface area contributed by atoms with Crippen molar-refractivity contribution in [3.8, 4) is 0 Å². The Morgan fingerprint density at radius 3 is 2.10 bits per heavy atom. The van der Waals surface area contributed by atoms with Crippen LogP contribution in [0.2, 0.25) is 0 Å². The molecular weight excluding hydrogens is 274 g/mol. The van der Waals surface area contributed by atoms with Gasteiger partial charge in [0.2, 0.25) is 0 Å². The number of hydrogen-bond acceptors (Lipinski definition) is 3. The maximum absolute atomic E-state index is 12.5. The van der Waals surface area contributed by atoms with Crippen LogP contribution in [0.25, 0.3) is 0 Å². The van der Waals surface area contributed by atoms with Gasteiger partial charge in [0, 0.05) is 12.1 Å². The van der Waals surface area contributed by atoms with Gasteiger partial charge in [-0.15, -0.1) is 0 Å². The standard InChI is InChI=1S/C15H19NO5/c1-3-12(15(20)21)16(9-10(2)14(18)19)13(17)11-7-5-4-6-8-11/h4-8,10,12H,3,9H2,1-2H3,(H,18,19)(H,20,21). The molecule has 114 valence electrons. The first-order chi connectivity index (χ1) is 9.88. The van der Waals surface area contributed by atoms with Crippen molar-refractivity contribution in [3.63, 3.8) is 0 Å². The second-order valence-corrected chi connectivity index (χ2v) is 4.83. The van der Waals surface area contributed by atoms with Gasteiger partial charge in [-0.25, -0.2) is 4.79 Å². The Morgan fingerprint density at radius 1 is 1.10 bits per heavy atom. The average molecular weight is 293 g/mol. The molecule has 0 aliphatic carbocycles. The zero-order chi connectivity index (χ0) is 16.0. The van der Waals surface area contributed by atoms with Crippen molar-refractivity contribution in [1.82, 2.24) is 4.90 Å². The Morgan fingerprint density at radius 2 is 1.67 bits per heavy atom. The normalized spacial score (nSPS) is 13.2. The number of carbonyl (C=O) groups excluding carboxylic acids is 1. The molecule has 0 radical (unpaired) electrons. The van der Waals surface area contributed by atoms with Gasteiger partial charge in [0.25, 0.3) is 5.91 Å². The molecular formula is C15H19NO5. The van der Waals surface area contributed by atoms with Crippen LogP contribution in [0.5, 0.6) is 0 Å². The van der Waals surface area contributed by atoms with Crippen LogP contribution < -0.4 is 0 Å². The summed E-state index contributed by atoms with van der Waals surface area (Å²) in [5, 5.41) is 18.2. The highest BCUT2D eigenvalue weighted by atomic mass is 16.4. The van der Waals surface area contributed by atoms with E-state index in [9.17, 15) is 19.5 Å². The van der Waals surface area contributed by atoms with Gasteiger partial charge in [-0.3, -0.25) is 9.59 Å². The first-order valence-electron chi connectivity index (χ1n) is 6.70. The van der Waals surface area contributed by atoms with E-state index in [1.54, 1.807) is 37.3 Å². The summed E-state index contributed by atoms with van der Waals surface area (Å²) in [4.78, 5) is 35.9. The number of nitrogens with zero attached hydrogens (tertiary/aromatic N) is 1. The lowest BCUT2D eigenvalue weighted by Gasteiger charge is -2.29. The molecule has 0 aliphatic rings. The quantitative estimate of drug-likeness (QED) is 0.798. The maximum atomic E-state index is 12.5. The van der Waals surface area contributed by atoms with Crippen LogP contribution in [0, 0.1) is 5.92 Å². The van der Waals surface area contributed by atoms with E-state index in [0.29, 0.717) is 5.56 Å². The molecule has 1 rings (SSSR count). The number of aliphatic carboxylic acids is 2. The molecule has 0 aromatic heterocycles. The Bertz CT molecular complexity index is 514. The molecule has 1 aromatic carbocycles. The molecule has 21 heavy (non-hydrogen) atoms.